The monoisotopic (exact) mass is 879 g/mol. The Bertz CT molecular complexity index is 3660. The van der Waals surface area contributed by atoms with E-state index in [1.54, 1.807) is 0 Å². The van der Waals surface area contributed by atoms with Crippen molar-refractivity contribution in [2.45, 2.75) is 5.41 Å². The largest absolute Gasteiger partial charge is 0.455 e. The minimum atomic E-state index is -0.604. The van der Waals surface area contributed by atoms with Crippen molar-refractivity contribution in [3.63, 3.8) is 0 Å². The van der Waals surface area contributed by atoms with Crippen LogP contribution >= 0.6 is 0 Å². The van der Waals surface area contributed by atoms with E-state index in [-0.39, 0.29) is 0 Å². The molecule has 0 aliphatic heterocycles. The molecule has 11 aromatic carbocycles. The van der Waals surface area contributed by atoms with Crippen LogP contribution in [0, 0.1) is 0 Å². The predicted molar refractivity (Wildman–Crippen MR) is 287 cm³/mol. The molecule has 0 amide bonds. The van der Waals surface area contributed by atoms with Crippen molar-refractivity contribution in [3.8, 4) is 55.6 Å². The van der Waals surface area contributed by atoms with Crippen LogP contribution in [-0.4, -0.2) is 0 Å². The van der Waals surface area contributed by atoms with Crippen molar-refractivity contribution in [2.24, 2.45) is 0 Å². The van der Waals surface area contributed by atoms with Gasteiger partial charge >= 0.3 is 0 Å². The summed E-state index contributed by atoms with van der Waals surface area (Å²) >= 11 is 0. The smallest absolute Gasteiger partial charge is 0.144 e. The molecule has 1 aliphatic carbocycles. The standard InChI is InChI=1S/C67H45NO/c1-6-20-46(21-7-1)48-34-39-54(40-35-48)68(55-41-36-49(37-42-55)47-22-8-2-9-23-47)62-43-38-51(44-58(62)50-24-10-3-11-25-50)59-45-61-65(66-64(59)57-31-17-19-33-63(57)69-66)56-30-16-18-32-60(56)67(61,52-26-12-4-13-27-52)53-28-14-5-15-29-53/h1-45H. The van der Waals surface area contributed by atoms with Gasteiger partial charge in [-0.15, -0.1) is 0 Å². The first kappa shape index (κ1) is 40.3. The number of para-hydroxylation sites is 1. The topological polar surface area (TPSA) is 16.4 Å². The average molecular weight is 880 g/mol. The van der Waals surface area contributed by atoms with Crippen LogP contribution in [0.5, 0.6) is 0 Å². The maximum absolute atomic E-state index is 7.15. The average Bonchev–Trinajstić information content (AvgIpc) is 3.97. The van der Waals surface area contributed by atoms with Gasteiger partial charge in [0.1, 0.15) is 11.2 Å². The van der Waals surface area contributed by atoms with Crippen molar-refractivity contribution < 1.29 is 4.42 Å². The number of hydrogen-bond acceptors (Lipinski definition) is 2. The zero-order valence-electron chi connectivity index (χ0n) is 37.8. The summed E-state index contributed by atoms with van der Waals surface area (Å²) in [6.45, 7) is 0. The lowest BCUT2D eigenvalue weighted by Gasteiger charge is -2.34. The molecule has 0 N–H and O–H groups in total. The Hall–Kier alpha value is -8.98. The zero-order chi connectivity index (χ0) is 45.7. The lowest BCUT2D eigenvalue weighted by atomic mass is 9.67. The van der Waals surface area contributed by atoms with Crippen LogP contribution in [0.4, 0.5) is 17.1 Å². The van der Waals surface area contributed by atoms with Crippen molar-refractivity contribution in [2.75, 3.05) is 4.90 Å². The molecule has 0 unspecified atom stereocenters. The van der Waals surface area contributed by atoms with Crippen molar-refractivity contribution in [1.29, 1.82) is 0 Å². The summed E-state index contributed by atoms with van der Waals surface area (Å²) in [5.41, 5.74) is 20.9. The fraction of sp³-hybridized carbons (Fsp3) is 0.0149. The molecule has 0 bridgehead atoms. The van der Waals surface area contributed by atoms with Gasteiger partial charge in [0.25, 0.3) is 0 Å². The van der Waals surface area contributed by atoms with Crippen LogP contribution in [-0.2, 0) is 5.41 Å². The molecule has 69 heavy (non-hydrogen) atoms. The first-order valence-electron chi connectivity index (χ1n) is 23.7. The molecule has 0 spiro atoms. The van der Waals surface area contributed by atoms with E-state index in [9.17, 15) is 0 Å². The van der Waals surface area contributed by atoms with Crippen LogP contribution in [0.1, 0.15) is 22.3 Å². The van der Waals surface area contributed by atoms with Gasteiger partial charge in [-0.25, -0.2) is 0 Å². The van der Waals surface area contributed by atoms with E-state index in [4.69, 9.17) is 4.42 Å². The highest BCUT2D eigenvalue weighted by Crippen LogP contribution is 2.60. The third-order valence-electron chi connectivity index (χ3n) is 14.2. The molecular formula is C67H45NO. The summed E-state index contributed by atoms with van der Waals surface area (Å²) in [5, 5.41) is 2.22. The molecule has 1 aromatic heterocycles. The highest BCUT2D eigenvalue weighted by atomic mass is 16.3. The van der Waals surface area contributed by atoms with Crippen LogP contribution in [0.2, 0.25) is 0 Å². The normalized spacial score (nSPS) is 12.5. The summed E-state index contributed by atoms with van der Waals surface area (Å²) in [6.07, 6.45) is 0. The number of nitrogens with zero attached hydrogens (tertiary/aromatic N) is 1. The number of furan rings is 1. The number of fused-ring (bicyclic) bond motifs is 7. The van der Waals surface area contributed by atoms with Crippen molar-refractivity contribution >= 4 is 39.0 Å². The van der Waals surface area contributed by atoms with Gasteiger partial charge in [0.2, 0.25) is 0 Å². The first-order chi connectivity index (χ1) is 34.2. The second kappa shape index (κ2) is 16.7. The minimum Gasteiger partial charge on any atom is -0.455 e. The highest BCUT2D eigenvalue weighted by Gasteiger charge is 2.48. The van der Waals surface area contributed by atoms with Gasteiger partial charge in [-0.3, -0.25) is 0 Å². The van der Waals surface area contributed by atoms with Crippen molar-refractivity contribution in [1.82, 2.24) is 0 Å². The van der Waals surface area contributed by atoms with E-state index in [2.05, 4.69) is 278 Å². The fourth-order valence-electron chi connectivity index (χ4n) is 11.1. The number of anilines is 3. The van der Waals surface area contributed by atoms with Gasteiger partial charge in [0, 0.05) is 33.3 Å². The fourth-order valence-corrected chi connectivity index (χ4v) is 11.1. The van der Waals surface area contributed by atoms with E-state index in [1.807, 2.05) is 0 Å². The van der Waals surface area contributed by atoms with Gasteiger partial charge in [-0.05, 0) is 115 Å². The molecule has 13 rings (SSSR count). The zero-order valence-corrected chi connectivity index (χ0v) is 37.8. The maximum atomic E-state index is 7.15. The summed E-state index contributed by atoms with van der Waals surface area (Å²) < 4.78 is 7.15. The van der Waals surface area contributed by atoms with E-state index >= 15 is 0 Å². The Kier molecular flexibility index (Phi) is 9.77. The van der Waals surface area contributed by atoms with Crippen LogP contribution in [0.3, 0.4) is 0 Å². The van der Waals surface area contributed by atoms with Gasteiger partial charge in [-0.1, -0.05) is 224 Å². The second-order valence-electron chi connectivity index (χ2n) is 17.9. The molecule has 1 heterocycles. The summed E-state index contributed by atoms with van der Waals surface area (Å²) in [7, 11) is 0. The molecule has 2 nitrogen and oxygen atoms in total. The van der Waals surface area contributed by atoms with E-state index in [0.29, 0.717) is 0 Å². The third kappa shape index (κ3) is 6.64. The molecule has 0 fully saturated rings. The Morgan fingerprint density at radius 1 is 0.319 bits per heavy atom. The number of hydrogen-bond donors (Lipinski definition) is 0. The molecule has 0 radical (unpaired) electrons. The number of benzene rings is 11. The quantitative estimate of drug-likeness (QED) is 0.144. The first-order valence-corrected chi connectivity index (χ1v) is 23.7. The molecule has 2 heteroatoms. The molecule has 0 atom stereocenters. The summed E-state index contributed by atoms with van der Waals surface area (Å²) in [4.78, 5) is 2.41. The Balaban J connectivity index is 1.08. The minimum absolute atomic E-state index is 0.604. The van der Waals surface area contributed by atoms with Crippen LogP contribution in [0.25, 0.3) is 77.6 Å². The lowest BCUT2D eigenvalue weighted by molar-refractivity contribution is 0.669. The van der Waals surface area contributed by atoms with Gasteiger partial charge < -0.3 is 9.32 Å². The van der Waals surface area contributed by atoms with Crippen molar-refractivity contribution in [3.05, 3.63) is 295 Å². The van der Waals surface area contributed by atoms with Gasteiger partial charge in [-0.2, -0.15) is 0 Å². The molecule has 0 saturated heterocycles. The van der Waals surface area contributed by atoms with Gasteiger partial charge in [0.05, 0.1) is 11.1 Å². The Morgan fingerprint density at radius 3 is 1.36 bits per heavy atom. The SMILES string of the molecule is c1ccc(-c2ccc(N(c3ccc(-c4ccccc4)cc3)c3ccc(-c4cc5c(c6oc7ccccc7c46)-c4ccccc4C5(c4ccccc4)c4ccccc4)cc3-c3ccccc3)cc2)cc1. The van der Waals surface area contributed by atoms with E-state index < -0.39 is 5.41 Å². The van der Waals surface area contributed by atoms with E-state index in [1.165, 1.54) is 50.1 Å². The predicted octanol–water partition coefficient (Wildman–Crippen LogP) is 18.1. The molecule has 1 aliphatic rings. The molecular weight excluding hydrogens is 835 g/mol. The third-order valence-corrected chi connectivity index (χ3v) is 14.2. The maximum Gasteiger partial charge on any atom is 0.144 e. The van der Waals surface area contributed by atoms with Crippen LogP contribution < -0.4 is 4.90 Å². The Labute approximate surface area is 402 Å². The molecule has 0 saturated carbocycles. The number of rotatable bonds is 9. The summed E-state index contributed by atoms with van der Waals surface area (Å²) in [6, 6.07) is 99.1. The van der Waals surface area contributed by atoms with Gasteiger partial charge in [0.15, 0.2) is 0 Å². The Morgan fingerprint density at radius 2 is 0.783 bits per heavy atom. The second-order valence-corrected chi connectivity index (χ2v) is 17.9. The van der Waals surface area contributed by atoms with Crippen LogP contribution in [0.15, 0.2) is 277 Å². The van der Waals surface area contributed by atoms with E-state index in [0.717, 1.165) is 66.8 Å². The summed E-state index contributed by atoms with van der Waals surface area (Å²) in [5.74, 6) is 0. The lowest BCUT2D eigenvalue weighted by Crippen LogP contribution is -2.28. The molecule has 324 valence electrons. The highest BCUT2D eigenvalue weighted by molar-refractivity contribution is 6.19. The molecule has 12 aromatic rings.